The smallest absolute Gasteiger partial charge is 0.129 e. The molecule has 0 spiro atoms. The summed E-state index contributed by atoms with van der Waals surface area (Å²) in [7, 11) is 2.17. The third-order valence-corrected chi connectivity index (χ3v) is 6.12. The first-order valence-corrected chi connectivity index (χ1v) is 10.3. The van der Waals surface area contributed by atoms with Crippen molar-refractivity contribution in [3.8, 4) is 0 Å². The number of aromatic nitrogens is 1. The summed E-state index contributed by atoms with van der Waals surface area (Å²) in [6, 6.07) is 6.66. The van der Waals surface area contributed by atoms with Gasteiger partial charge >= 0.3 is 0 Å². The van der Waals surface area contributed by atoms with Crippen LogP contribution in [0.3, 0.4) is 0 Å². The molecule has 0 atom stereocenters. The van der Waals surface area contributed by atoms with Crippen molar-refractivity contribution in [1.82, 2.24) is 9.88 Å². The van der Waals surface area contributed by atoms with Gasteiger partial charge in [-0.2, -0.15) is 0 Å². The first-order valence-electron chi connectivity index (χ1n) is 10.3. The molecule has 2 saturated carbocycles. The van der Waals surface area contributed by atoms with E-state index in [1.807, 2.05) is 6.21 Å². The Labute approximate surface area is 162 Å². The molecular formula is C21H32N6. The molecule has 3 aliphatic rings. The maximum absolute atomic E-state index is 6.51. The molecule has 0 bridgehead atoms. The van der Waals surface area contributed by atoms with Gasteiger partial charge in [0.15, 0.2) is 0 Å². The van der Waals surface area contributed by atoms with Crippen LogP contribution in [-0.4, -0.2) is 61.9 Å². The maximum Gasteiger partial charge on any atom is 0.129 e. The molecule has 4 rings (SSSR count). The Kier molecular flexibility index (Phi) is 5.45. The van der Waals surface area contributed by atoms with E-state index in [4.69, 9.17) is 21.4 Å². The first-order chi connectivity index (χ1) is 13.1. The number of aliphatic imine (C=N–C) groups is 1. The van der Waals surface area contributed by atoms with Gasteiger partial charge < -0.3 is 21.3 Å². The lowest BCUT2D eigenvalue weighted by atomic mass is 9.81. The van der Waals surface area contributed by atoms with Gasteiger partial charge in [0, 0.05) is 43.7 Å². The number of rotatable bonds is 6. The van der Waals surface area contributed by atoms with Crippen LogP contribution in [0.25, 0.3) is 5.57 Å². The van der Waals surface area contributed by atoms with E-state index in [0.29, 0.717) is 17.9 Å². The topological polar surface area (TPSA) is 83.8 Å². The van der Waals surface area contributed by atoms with E-state index < -0.39 is 0 Å². The molecule has 2 aliphatic carbocycles. The van der Waals surface area contributed by atoms with E-state index in [1.54, 1.807) is 0 Å². The van der Waals surface area contributed by atoms with Crippen molar-refractivity contribution in [2.45, 2.75) is 31.7 Å². The first kappa shape index (κ1) is 18.4. The second-order valence-electron chi connectivity index (χ2n) is 8.32. The monoisotopic (exact) mass is 368 g/mol. The summed E-state index contributed by atoms with van der Waals surface area (Å²) in [6.07, 6.45) is 6.54. The van der Waals surface area contributed by atoms with Crippen molar-refractivity contribution in [3.63, 3.8) is 0 Å². The standard InChI is InChI=1S/C21H32N6/c1-26-7-9-27(10-8-26)20-4-2-3-19(25-20)18(21(23)16-5-6-16)14-24-17-11-15(12-17)13-22/h2-4,14-17H,5-13,22-23H2,1H3. The van der Waals surface area contributed by atoms with Crippen LogP contribution < -0.4 is 16.4 Å². The number of nitrogens with two attached hydrogens (primary N) is 2. The van der Waals surface area contributed by atoms with Crippen LogP contribution in [0.5, 0.6) is 0 Å². The molecule has 4 N–H and O–H groups in total. The van der Waals surface area contributed by atoms with Gasteiger partial charge in [-0.3, -0.25) is 4.99 Å². The lowest BCUT2D eigenvalue weighted by molar-refractivity contribution is 0.276. The van der Waals surface area contributed by atoms with E-state index >= 15 is 0 Å². The van der Waals surface area contributed by atoms with Crippen molar-refractivity contribution in [2.75, 3.05) is 44.7 Å². The van der Waals surface area contributed by atoms with Gasteiger partial charge in [-0.15, -0.1) is 0 Å². The molecule has 0 unspecified atom stereocenters. The summed E-state index contributed by atoms with van der Waals surface area (Å²) in [5.74, 6) is 2.18. The second-order valence-corrected chi connectivity index (χ2v) is 8.32. The highest BCUT2D eigenvalue weighted by Gasteiger charge is 2.29. The Morgan fingerprint density at radius 2 is 1.96 bits per heavy atom. The third kappa shape index (κ3) is 4.33. The van der Waals surface area contributed by atoms with E-state index in [1.165, 1.54) is 12.8 Å². The van der Waals surface area contributed by atoms with Crippen molar-refractivity contribution in [1.29, 1.82) is 0 Å². The maximum atomic E-state index is 6.51. The number of hydrogen-bond donors (Lipinski definition) is 2. The molecule has 0 radical (unpaired) electrons. The zero-order chi connectivity index (χ0) is 18.8. The molecule has 3 fully saturated rings. The lowest BCUT2D eigenvalue weighted by Crippen LogP contribution is -2.44. The van der Waals surface area contributed by atoms with Crippen LogP contribution in [0.1, 0.15) is 31.4 Å². The number of pyridine rings is 1. The fraction of sp³-hybridized carbons (Fsp3) is 0.619. The van der Waals surface area contributed by atoms with Gasteiger partial charge in [0.2, 0.25) is 0 Å². The number of hydrogen-bond acceptors (Lipinski definition) is 6. The molecule has 1 saturated heterocycles. The quantitative estimate of drug-likeness (QED) is 0.747. The van der Waals surface area contributed by atoms with Gasteiger partial charge in [0.1, 0.15) is 5.82 Å². The summed E-state index contributed by atoms with van der Waals surface area (Å²) in [4.78, 5) is 14.5. The van der Waals surface area contributed by atoms with E-state index in [2.05, 4.69) is 35.0 Å². The van der Waals surface area contributed by atoms with Crippen LogP contribution in [0.15, 0.2) is 28.9 Å². The summed E-state index contributed by atoms with van der Waals surface area (Å²) < 4.78 is 0. The number of anilines is 1. The Bertz CT molecular complexity index is 709. The molecule has 146 valence electrons. The number of piperazine rings is 1. The highest BCUT2D eigenvalue weighted by atomic mass is 15.3. The van der Waals surface area contributed by atoms with E-state index in [-0.39, 0.29) is 0 Å². The Morgan fingerprint density at radius 1 is 1.22 bits per heavy atom. The fourth-order valence-corrected chi connectivity index (χ4v) is 3.88. The summed E-state index contributed by atoms with van der Waals surface area (Å²) in [5, 5.41) is 0. The average Bonchev–Trinajstić information content (AvgIpc) is 3.49. The Hall–Kier alpha value is -1.92. The molecule has 27 heavy (non-hydrogen) atoms. The molecular weight excluding hydrogens is 336 g/mol. The van der Waals surface area contributed by atoms with E-state index in [9.17, 15) is 0 Å². The highest BCUT2D eigenvalue weighted by molar-refractivity contribution is 6.10. The van der Waals surface area contributed by atoms with Crippen LogP contribution >= 0.6 is 0 Å². The summed E-state index contributed by atoms with van der Waals surface area (Å²) in [5.41, 5.74) is 15.2. The Morgan fingerprint density at radius 3 is 2.63 bits per heavy atom. The number of allylic oxidation sites excluding steroid dienone is 2. The SMILES string of the molecule is CN1CCN(c2cccc(C(C=NC3CC(CN)C3)=C(N)C3CC3)n2)CC1. The van der Waals surface area contributed by atoms with Crippen LogP contribution in [0.4, 0.5) is 5.82 Å². The van der Waals surface area contributed by atoms with Gasteiger partial charge in [-0.25, -0.2) is 4.98 Å². The molecule has 2 heterocycles. The third-order valence-electron chi connectivity index (χ3n) is 6.12. The van der Waals surface area contributed by atoms with Gasteiger partial charge in [0.25, 0.3) is 0 Å². The molecule has 6 nitrogen and oxygen atoms in total. The van der Waals surface area contributed by atoms with Gasteiger partial charge in [-0.1, -0.05) is 6.07 Å². The normalized spacial score (nSPS) is 27.6. The van der Waals surface area contributed by atoms with Crippen molar-refractivity contribution >= 4 is 17.6 Å². The highest BCUT2D eigenvalue weighted by Crippen LogP contribution is 2.37. The predicted octanol–water partition coefficient (Wildman–Crippen LogP) is 1.72. The molecule has 0 amide bonds. The fourth-order valence-electron chi connectivity index (χ4n) is 3.88. The molecule has 0 aromatic carbocycles. The Balaban J connectivity index is 1.54. The predicted molar refractivity (Wildman–Crippen MR) is 112 cm³/mol. The molecule has 1 aromatic rings. The van der Waals surface area contributed by atoms with Crippen LogP contribution in [0.2, 0.25) is 0 Å². The van der Waals surface area contributed by atoms with Crippen LogP contribution in [-0.2, 0) is 0 Å². The zero-order valence-electron chi connectivity index (χ0n) is 16.3. The van der Waals surface area contributed by atoms with Gasteiger partial charge in [0.05, 0.1) is 11.7 Å². The molecule has 1 aliphatic heterocycles. The van der Waals surface area contributed by atoms with Crippen LogP contribution in [0, 0.1) is 11.8 Å². The minimum atomic E-state index is 0.390. The minimum absolute atomic E-state index is 0.390. The second kappa shape index (κ2) is 7.98. The van der Waals surface area contributed by atoms with E-state index in [0.717, 1.165) is 68.3 Å². The number of nitrogens with zero attached hydrogens (tertiary/aromatic N) is 4. The minimum Gasteiger partial charge on any atom is -0.401 e. The summed E-state index contributed by atoms with van der Waals surface area (Å²) in [6.45, 7) is 4.95. The lowest BCUT2D eigenvalue weighted by Gasteiger charge is -2.33. The van der Waals surface area contributed by atoms with Crippen molar-refractivity contribution in [2.24, 2.45) is 28.3 Å². The number of likely N-dealkylation sites (N-methyl/N-ethyl adjacent to an activating group) is 1. The molecule has 1 aromatic heterocycles. The molecule has 6 heteroatoms. The average molecular weight is 369 g/mol. The summed E-state index contributed by atoms with van der Waals surface area (Å²) >= 11 is 0. The van der Waals surface area contributed by atoms with Gasteiger partial charge in [-0.05, 0) is 63.2 Å². The largest absolute Gasteiger partial charge is 0.401 e. The zero-order valence-corrected chi connectivity index (χ0v) is 16.3. The van der Waals surface area contributed by atoms with Crippen molar-refractivity contribution in [3.05, 3.63) is 29.6 Å². The van der Waals surface area contributed by atoms with Crippen molar-refractivity contribution < 1.29 is 0 Å².